The maximum absolute atomic E-state index is 13.1. The summed E-state index contributed by atoms with van der Waals surface area (Å²) < 4.78 is 15.3. The molecule has 124 valence electrons. The minimum absolute atomic E-state index is 0.0624. The van der Waals surface area contributed by atoms with Crippen LogP contribution in [0.2, 0.25) is 0 Å². The Morgan fingerprint density at radius 1 is 1.12 bits per heavy atom. The minimum Gasteiger partial charge on any atom is -0.344 e. The van der Waals surface area contributed by atoms with E-state index in [0.29, 0.717) is 17.2 Å². The summed E-state index contributed by atoms with van der Waals surface area (Å²) in [5.41, 5.74) is 2.27. The van der Waals surface area contributed by atoms with E-state index in [0.717, 1.165) is 30.2 Å². The number of para-hydroxylation sites is 1. The molecule has 0 aliphatic carbocycles. The van der Waals surface area contributed by atoms with Crippen LogP contribution in [-0.2, 0) is 0 Å². The molecule has 1 atom stereocenters. The third-order valence-electron chi connectivity index (χ3n) is 4.54. The molecule has 0 spiro atoms. The molecule has 0 saturated heterocycles. The van der Waals surface area contributed by atoms with Gasteiger partial charge < -0.3 is 4.57 Å². The summed E-state index contributed by atoms with van der Waals surface area (Å²) in [4.78, 5) is 12.9. The standard InChI is InChI=1S/C21H22FNO/c1-3-4-7-15(2)23-14-19(18-8-5-6-9-20(18)23)21(24)16-10-12-17(22)13-11-16/h5-6,8-15H,3-4,7H2,1-2H3. The molecule has 3 heteroatoms. The number of rotatable bonds is 6. The molecule has 0 radical (unpaired) electrons. The van der Waals surface area contributed by atoms with Gasteiger partial charge in [-0.25, -0.2) is 4.39 Å². The Labute approximate surface area is 141 Å². The van der Waals surface area contributed by atoms with Crippen molar-refractivity contribution in [2.45, 2.75) is 39.2 Å². The lowest BCUT2D eigenvalue weighted by atomic mass is 10.0. The maximum atomic E-state index is 13.1. The number of aromatic nitrogens is 1. The van der Waals surface area contributed by atoms with Gasteiger partial charge in [0.05, 0.1) is 0 Å². The van der Waals surface area contributed by atoms with E-state index in [1.54, 1.807) is 12.1 Å². The van der Waals surface area contributed by atoms with Gasteiger partial charge in [-0.15, -0.1) is 0 Å². The van der Waals surface area contributed by atoms with Crippen molar-refractivity contribution in [3.8, 4) is 0 Å². The van der Waals surface area contributed by atoms with Crippen molar-refractivity contribution in [1.29, 1.82) is 0 Å². The average molecular weight is 323 g/mol. The Kier molecular flexibility index (Phi) is 4.79. The van der Waals surface area contributed by atoms with Gasteiger partial charge in [0.25, 0.3) is 0 Å². The fourth-order valence-corrected chi connectivity index (χ4v) is 3.15. The van der Waals surface area contributed by atoms with E-state index in [9.17, 15) is 9.18 Å². The van der Waals surface area contributed by atoms with Crippen molar-refractivity contribution in [2.75, 3.05) is 0 Å². The van der Waals surface area contributed by atoms with Crippen LogP contribution < -0.4 is 0 Å². The average Bonchev–Trinajstić information content (AvgIpc) is 2.99. The van der Waals surface area contributed by atoms with Gasteiger partial charge in [-0.1, -0.05) is 38.0 Å². The fraction of sp³-hybridized carbons (Fsp3) is 0.286. The van der Waals surface area contributed by atoms with E-state index in [1.165, 1.54) is 12.1 Å². The Bertz CT molecular complexity index is 848. The second-order valence-corrected chi connectivity index (χ2v) is 6.29. The number of hydrogen-bond acceptors (Lipinski definition) is 1. The quantitative estimate of drug-likeness (QED) is 0.528. The summed E-state index contributed by atoms with van der Waals surface area (Å²) in [6.07, 6.45) is 5.36. The van der Waals surface area contributed by atoms with Crippen LogP contribution >= 0.6 is 0 Å². The van der Waals surface area contributed by atoms with Gasteiger partial charge in [0, 0.05) is 34.3 Å². The first-order valence-corrected chi connectivity index (χ1v) is 8.51. The van der Waals surface area contributed by atoms with E-state index in [4.69, 9.17) is 0 Å². The molecule has 3 aromatic rings. The van der Waals surface area contributed by atoms with Crippen molar-refractivity contribution < 1.29 is 9.18 Å². The highest BCUT2D eigenvalue weighted by Gasteiger charge is 2.18. The van der Waals surface area contributed by atoms with Crippen LogP contribution in [0.1, 0.15) is 55.1 Å². The molecule has 1 unspecified atom stereocenters. The zero-order valence-electron chi connectivity index (χ0n) is 14.1. The van der Waals surface area contributed by atoms with Crippen LogP contribution in [0.4, 0.5) is 4.39 Å². The molecule has 1 heterocycles. The summed E-state index contributed by atoms with van der Waals surface area (Å²) >= 11 is 0. The molecule has 0 aliphatic rings. The lowest BCUT2D eigenvalue weighted by Crippen LogP contribution is -2.04. The zero-order chi connectivity index (χ0) is 17.1. The number of ketones is 1. The Morgan fingerprint density at radius 3 is 2.54 bits per heavy atom. The van der Waals surface area contributed by atoms with E-state index in [2.05, 4.69) is 24.5 Å². The molecule has 0 N–H and O–H groups in total. The molecule has 0 bridgehead atoms. The van der Waals surface area contributed by atoms with Gasteiger partial charge in [-0.3, -0.25) is 4.79 Å². The highest BCUT2D eigenvalue weighted by molar-refractivity contribution is 6.16. The Morgan fingerprint density at radius 2 is 1.83 bits per heavy atom. The Balaban J connectivity index is 2.05. The molecule has 3 rings (SSSR count). The number of unbranched alkanes of at least 4 members (excludes halogenated alkanes) is 1. The lowest BCUT2D eigenvalue weighted by molar-refractivity contribution is 0.104. The summed E-state index contributed by atoms with van der Waals surface area (Å²) in [5, 5.41) is 0.954. The molecule has 0 aliphatic heterocycles. The van der Waals surface area contributed by atoms with Crippen molar-refractivity contribution in [3.05, 3.63) is 71.7 Å². The predicted octanol–water partition coefficient (Wildman–Crippen LogP) is 5.76. The summed E-state index contributed by atoms with van der Waals surface area (Å²) in [5.74, 6) is -0.394. The van der Waals surface area contributed by atoms with Gasteiger partial charge in [-0.2, -0.15) is 0 Å². The first-order chi connectivity index (χ1) is 11.6. The first-order valence-electron chi connectivity index (χ1n) is 8.51. The van der Waals surface area contributed by atoms with Gasteiger partial charge in [-0.05, 0) is 43.7 Å². The number of nitrogens with zero attached hydrogens (tertiary/aromatic N) is 1. The lowest BCUT2D eigenvalue weighted by Gasteiger charge is -2.14. The number of halogens is 1. The molecule has 24 heavy (non-hydrogen) atoms. The monoisotopic (exact) mass is 323 g/mol. The minimum atomic E-state index is -0.331. The number of fused-ring (bicyclic) bond motifs is 1. The van der Waals surface area contributed by atoms with Gasteiger partial charge >= 0.3 is 0 Å². The molecule has 1 aromatic heterocycles. The summed E-state index contributed by atoms with van der Waals surface area (Å²) in [6, 6.07) is 14.1. The third-order valence-corrected chi connectivity index (χ3v) is 4.54. The molecule has 2 nitrogen and oxygen atoms in total. The van der Waals surface area contributed by atoms with Crippen LogP contribution in [0.25, 0.3) is 10.9 Å². The summed E-state index contributed by atoms with van der Waals surface area (Å²) in [7, 11) is 0. The van der Waals surface area contributed by atoms with Gasteiger partial charge in [0.15, 0.2) is 5.78 Å². The molecule has 2 aromatic carbocycles. The highest BCUT2D eigenvalue weighted by Crippen LogP contribution is 2.28. The number of benzene rings is 2. The molecular weight excluding hydrogens is 301 g/mol. The normalized spacial score (nSPS) is 12.5. The van der Waals surface area contributed by atoms with Crippen LogP contribution in [0, 0.1) is 5.82 Å². The van der Waals surface area contributed by atoms with E-state index < -0.39 is 0 Å². The van der Waals surface area contributed by atoms with E-state index in [-0.39, 0.29) is 11.6 Å². The smallest absolute Gasteiger partial charge is 0.195 e. The second kappa shape index (κ2) is 7.00. The molecule has 0 saturated carbocycles. The summed E-state index contributed by atoms with van der Waals surface area (Å²) in [6.45, 7) is 4.37. The SMILES string of the molecule is CCCCC(C)n1cc(C(=O)c2ccc(F)cc2)c2ccccc21. The second-order valence-electron chi connectivity index (χ2n) is 6.29. The Hall–Kier alpha value is -2.42. The van der Waals surface area contributed by atoms with Gasteiger partial charge in [0.1, 0.15) is 5.82 Å². The van der Waals surface area contributed by atoms with Crippen LogP contribution in [0.15, 0.2) is 54.7 Å². The topological polar surface area (TPSA) is 22.0 Å². The van der Waals surface area contributed by atoms with Crippen LogP contribution in [0.3, 0.4) is 0 Å². The maximum Gasteiger partial charge on any atom is 0.195 e. The largest absolute Gasteiger partial charge is 0.344 e. The number of carbonyl (C=O) groups excluding carboxylic acids is 1. The predicted molar refractivity (Wildman–Crippen MR) is 96.0 cm³/mol. The van der Waals surface area contributed by atoms with Crippen molar-refractivity contribution in [3.63, 3.8) is 0 Å². The van der Waals surface area contributed by atoms with Crippen molar-refractivity contribution >= 4 is 16.7 Å². The van der Waals surface area contributed by atoms with E-state index >= 15 is 0 Å². The number of carbonyl (C=O) groups is 1. The first kappa shape index (κ1) is 16.4. The highest BCUT2D eigenvalue weighted by atomic mass is 19.1. The van der Waals surface area contributed by atoms with Crippen LogP contribution in [-0.4, -0.2) is 10.4 Å². The molecule has 0 fully saturated rings. The molecule has 0 amide bonds. The molecular formula is C21H22FNO. The van der Waals surface area contributed by atoms with Crippen molar-refractivity contribution in [1.82, 2.24) is 4.57 Å². The fourth-order valence-electron chi connectivity index (χ4n) is 3.15. The number of hydrogen-bond donors (Lipinski definition) is 0. The zero-order valence-corrected chi connectivity index (χ0v) is 14.1. The van der Waals surface area contributed by atoms with Crippen LogP contribution in [0.5, 0.6) is 0 Å². The van der Waals surface area contributed by atoms with Gasteiger partial charge in [0.2, 0.25) is 0 Å². The van der Waals surface area contributed by atoms with Crippen molar-refractivity contribution in [2.24, 2.45) is 0 Å². The third kappa shape index (κ3) is 3.12. The van der Waals surface area contributed by atoms with E-state index in [1.807, 2.05) is 24.4 Å².